The van der Waals surface area contributed by atoms with Gasteiger partial charge in [-0.1, -0.05) is 43.3 Å². The van der Waals surface area contributed by atoms with Crippen LogP contribution in [0, 0.1) is 0 Å². The Kier molecular flexibility index (Phi) is 3.52. The van der Waals surface area contributed by atoms with Crippen LogP contribution in [0.1, 0.15) is 29.7 Å². The second kappa shape index (κ2) is 5.47. The smallest absolute Gasteiger partial charge is 0.0837 e. The van der Waals surface area contributed by atoms with Crippen molar-refractivity contribution in [3.05, 3.63) is 65.4 Å². The first-order valence-electron chi connectivity index (χ1n) is 6.96. The van der Waals surface area contributed by atoms with Gasteiger partial charge in [0.05, 0.1) is 17.8 Å². The maximum Gasteiger partial charge on any atom is 0.0837 e. The molecule has 3 heteroatoms. The first kappa shape index (κ1) is 12.9. The number of hydrogen-bond donors (Lipinski definition) is 2. The molecule has 0 aliphatic heterocycles. The van der Waals surface area contributed by atoms with Crippen molar-refractivity contribution in [1.82, 2.24) is 10.2 Å². The second-order valence-electron chi connectivity index (χ2n) is 5.08. The summed E-state index contributed by atoms with van der Waals surface area (Å²) in [6.45, 7) is 2.12. The largest absolute Gasteiger partial charge is 0.388 e. The minimum absolute atomic E-state index is 0.510. The van der Waals surface area contributed by atoms with Crippen molar-refractivity contribution in [2.24, 2.45) is 0 Å². The van der Waals surface area contributed by atoms with Gasteiger partial charge in [-0.2, -0.15) is 5.10 Å². The van der Waals surface area contributed by atoms with Gasteiger partial charge >= 0.3 is 0 Å². The molecule has 0 amide bonds. The van der Waals surface area contributed by atoms with Crippen molar-refractivity contribution in [3.63, 3.8) is 0 Å². The number of aliphatic hydroxyl groups excluding tert-OH is 1. The standard InChI is InChI=1S/C17H18N2O/c1-2-12-8-14(15-11-18-19-16(15)9-12)17(20)10-13-6-4-3-5-7-13/h3-9,11,17,20H,2,10H2,1H3,(H,18,19). The lowest BCUT2D eigenvalue weighted by Crippen LogP contribution is -2.03. The molecule has 1 aromatic heterocycles. The molecule has 3 rings (SSSR count). The molecule has 102 valence electrons. The van der Waals surface area contributed by atoms with Crippen LogP contribution >= 0.6 is 0 Å². The lowest BCUT2D eigenvalue weighted by molar-refractivity contribution is 0.180. The van der Waals surface area contributed by atoms with E-state index in [1.165, 1.54) is 5.56 Å². The maximum atomic E-state index is 10.6. The van der Waals surface area contributed by atoms with Crippen molar-refractivity contribution in [3.8, 4) is 0 Å². The summed E-state index contributed by atoms with van der Waals surface area (Å²) in [7, 11) is 0. The highest BCUT2D eigenvalue weighted by Gasteiger charge is 2.14. The predicted molar refractivity (Wildman–Crippen MR) is 80.6 cm³/mol. The van der Waals surface area contributed by atoms with Crippen LogP contribution in [-0.4, -0.2) is 15.3 Å². The van der Waals surface area contributed by atoms with Gasteiger partial charge in [0.2, 0.25) is 0 Å². The molecule has 0 aliphatic carbocycles. The van der Waals surface area contributed by atoms with Gasteiger partial charge in [0, 0.05) is 11.8 Å². The number of fused-ring (bicyclic) bond motifs is 1. The Morgan fingerprint density at radius 2 is 1.95 bits per heavy atom. The summed E-state index contributed by atoms with van der Waals surface area (Å²) in [6.07, 6.45) is 2.84. The molecule has 2 N–H and O–H groups in total. The highest BCUT2D eigenvalue weighted by Crippen LogP contribution is 2.27. The summed E-state index contributed by atoms with van der Waals surface area (Å²) in [5.74, 6) is 0. The third kappa shape index (κ3) is 2.45. The van der Waals surface area contributed by atoms with Crippen LogP contribution in [-0.2, 0) is 12.8 Å². The molecular formula is C17H18N2O. The highest BCUT2D eigenvalue weighted by molar-refractivity contribution is 5.83. The zero-order chi connectivity index (χ0) is 13.9. The molecule has 0 bridgehead atoms. The number of nitrogens with zero attached hydrogens (tertiary/aromatic N) is 1. The molecule has 0 fully saturated rings. The number of aromatic amines is 1. The first-order chi connectivity index (χ1) is 9.78. The Bertz CT molecular complexity index is 703. The Morgan fingerprint density at radius 3 is 2.70 bits per heavy atom. The maximum absolute atomic E-state index is 10.6. The van der Waals surface area contributed by atoms with E-state index in [1.54, 1.807) is 6.20 Å². The molecule has 2 aromatic carbocycles. The molecule has 3 nitrogen and oxygen atoms in total. The number of aliphatic hydroxyl groups is 1. The van der Waals surface area contributed by atoms with Crippen molar-refractivity contribution >= 4 is 10.9 Å². The van der Waals surface area contributed by atoms with Crippen LogP contribution < -0.4 is 0 Å². The normalized spacial score (nSPS) is 12.7. The fourth-order valence-electron chi connectivity index (χ4n) is 2.57. The zero-order valence-corrected chi connectivity index (χ0v) is 11.5. The van der Waals surface area contributed by atoms with E-state index in [2.05, 4.69) is 29.3 Å². The molecule has 3 aromatic rings. The third-order valence-electron chi connectivity index (χ3n) is 3.69. The minimum atomic E-state index is -0.510. The number of rotatable bonds is 4. The Hall–Kier alpha value is -2.13. The van der Waals surface area contributed by atoms with Crippen molar-refractivity contribution in [2.45, 2.75) is 25.9 Å². The molecule has 0 radical (unpaired) electrons. The van der Waals surface area contributed by atoms with E-state index in [9.17, 15) is 5.11 Å². The molecule has 0 saturated carbocycles. The monoisotopic (exact) mass is 266 g/mol. The summed E-state index contributed by atoms with van der Waals surface area (Å²) in [4.78, 5) is 0. The van der Waals surface area contributed by atoms with Gasteiger partial charge in [0.25, 0.3) is 0 Å². The van der Waals surface area contributed by atoms with Gasteiger partial charge in [-0.25, -0.2) is 0 Å². The SMILES string of the molecule is CCc1cc(C(O)Cc2ccccc2)c2cn[nH]c2c1. The summed E-state index contributed by atoms with van der Waals surface area (Å²) < 4.78 is 0. The van der Waals surface area contributed by atoms with Crippen LogP contribution in [0.4, 0.5) is 0 Å². The lowest BCUT2D eigenvalue weighted by atomic mass is 9.96. The van der Waals surface area contributed by atoms with E-state index in [0.717, 1.165) is 28.5 Å². The van der Waals surface area contributed by atoms with Crippen molar-refractivity contribution in [2.75, 3.05) is 0 Å². The average Bonchev–Trinajstić information content (AvgIpc) is 2.95. The lowest BCUT2D eigenvalue weighted by Gasteiger charge is -2.13. The first-order valence-corrected chi connectivity index (χ1v) is 6.96. The fourth-order valence-corrected chi connectivity index (χ4v) is 2.57. The van der Waals surface area contributed by atoms with Crippen LogP contribution in [0.15, 0.2) is 48.7 Å². The Morgan fingerprint density at radius 1 is 1.15 bits per heavy atom. The van der Waals surface area contributed by atoms with E-state index in [1.807, 2.05) is 30.3 Å². The van der Waals surface area contributed by atoms with E-state index in [-0.39, 0.29) is 0 Å². The van der Waals surface area contributed by atoms with Crippen molar-refractivity contribution in [1.29, 1.82) is 0 Å². The summed E-state index contributed by atoms with van der Waals surface area (Å²) in [6, 6.07) is 14.3. The zero-order valence-electron chi connectivity index (χ0n) is 11.5. The molecule has 1 heterocycles. The van der Waals surface area contributed by atoms with Gasteiger partial charge in [-0.05, 0) is 29.2 Å². The molecule has 20 heavy (non-hydrogen) atoms. The van der Waals surface area contributed by atoms with Gasteiger partial charge in [-0.15, -0.1) is 0 Å². The molecule has 1 unspecified atom stereocenters. The highest BCUT2D eigenvalue weighted by atomic mass is 16.3. The summed E-state index contributed by atoms with van der Waals surface area (Å²) in [5.41, 5.74) is 4.30. The van der Waals surface area contributed by atoms with Crippen LogP contribution in [0.3, 0.4) is 0 Å². The van der Waals surface area contributed by atoms with Gasteiger partial charge in [0.1, 0.15) is 0 Å². The Balaban J connectivity index is 1.98. The van der Waals surface area contributed by atoms with Crippen LogP contribution in [0.5, 0.6) is 0 Å². The summed E-state index contributed by atoms with van der Waals surface area (Å²) >= 11 is 0. The number of H-pyrrole nitrogens is 1. The van der Waals surface area contributed by atoms with Crippen LogP contribution in [0.25, 0.3) is 10.9 Å². The quantitative estimate of drug-likeness (QED) is 0.760. The van der Waals surface area contributed by atoms with Crippen molar-refractivity contribution < 1.29 is 5.11 Å². The van der Waals surface area contributed by atoms with Gasteiger partial charge in [0.15, 0.2) is 0 Å². The molecular weight excluding hydrogens is 248 g/mol. The van der Waals surface area contributed by atoms with Gasteiger partial charge < -0.3 is 5.11 Å². The second-order valence-corrected chi connectivity index (χ2v) is 5.08. The van der Waals surface area contributed by atoms with E-state index in [0.29, 0.717) is 6.42 Å². The molecule has 0 saturated heterocycles. The minimum Gasteiger partial charge on any atom is -0.388 e. The van der Waals surface area contributed by atoms with E-state index < -0.39 is 6.10 Å². The topological polar surface area (TPSA) is 48.9 Å². The number of aromatic nitrogens is 2. The summed E-state index contributed by atoms with van der Waals surface area (Å²) in [5, 5.41) is 18.7. The van der Waals surface area contributed by atoms with E-state index >= 15 is 0 Å². The number of aryl methyl sites for hydroxylation is 1. The average molecular weight is 266 g/mol. The number of benzene rings is 2. The molecule has 0 spiro atoms. The number of nitrogens with one attached hydrogen (secondary N) is 1. The third-order valence-corrected chi connectivity index (χ3v) is 3.69. The van der Waals surface area contributed by atoms with Crippen LogP contribution in [0.2, 0.25) is 0 Å². The predicted octanol–water partition coefficient (Wildman–Crippen LogP) is 3.40. The fraction of sp³-hybridized carbons (Fsp3) is 0.235. The molecule has 0 aliphatic rings. The van der Waals surface area contributed by atoms with E-state index in [4.69, 9.17) is 0 Å². The molecule has 1 atom stereocenters. The van der Waals surface area contributed by atoms with Gasteiger partial charge in [-0.3, -0.25) is 5.10 Å². The Labute approximate surface area is 118 Å². The number of hydrogen-bond acceptors (Lipinski definition) is 2.